The lowest BCUT2D eigenvalue weighted by molar-refractivity contribution is 0.0565. The van der Waals surface area contributed by atoms with Crippen LogP contribution >= 0.6 is 0 Å². The Kier molecular flexibility index (Phi) is 4.92. The molecule has 0 spiro atoms. The number of hydrogen-bond acceptors (Lipinski definition) is 3. The predicted octanol–water partition coefficient (Wildman–Crippen LogP) is 4.09. The second kappa shape index (κ2) is 7.54. The van der Waals surface area contributed by atoms with E-state index in [1.165, 1.54) is 11.0 Å². The average Bonchev–Trinajstić information content (AvgIpc) is 3.13. The fraction of sp³-hybridized carbons (Fsp3) is 0.238. The molecule has 1 N–H and O–H groups in total. The fourth-order valence-corrected chi connectivity index (χ4v) is 3.46. The number of para-hydroxylation sites is 1. The molecular formula is C21H19F2N3O3. The van der Waals surface area contributed by atoms with Gasteiger partial charge in [-0.1, -0.05) is 18.2 Å². The lowest BCUT2D eigenvalue weighted by atomic mass is 10.2. The molecule has 3 aromatic rings. The number of halogens is 2. The molecule has 1 fully saturated rings. The summed E-state index contributed by atoms with van der Waals surface area (Å²) in [6.07, 6.45) is 0. The number of amides is 3. The molecular weight excluding hydrogens is 380 g/mol. The van der Waals surface area contributed by atoms with Crippen LogP contribution in [0.25, 0.3) is 11.0 Å². The van der Waals surface area contributed by atoms with Crippen molar-refractivity contribution in [2.45, 2.75) is 13.0 Å². The van der Waals surface area contributed by atoms with E-state index in [0.717, 1.165) is 11.5 Å². The number of urea groups is 1. The summed E-state index contributed by atoms with van der Waals surface area (Å²) in [5, 5.41) is 3.30. The topological polar surface area (TPSA) is 65.8 Å². The average molecular weight is 399 g/mol. The third-order valence-corrected chi connectivity index (χ3v) is 4.98. The van der Waals surface area contributed by atoms with Gasteiger partial charge >= 0.3 is 6.03 Å². The van der Waals surface area contributed by atoms with Gasteiger partial charge in [0, 0.05) is 37.1 Å². The highest BCUT2D eigenvalue weighted by Gasteiger charge is 2.31. The first kappa shape index (κ1) is 18.9. The Morgan fingerprint density at radius 2 is 1.90 bits per heavy atom. The van der Waals surface area contributed by atoms with Crippen molar-refractivity contribution in [2.75, 3.05) is 25.0 Å². The predicted molar refractivity (Wildman–Crippen MR) is 104 cm³/mol. The first-order valence-electron chi connectivity index (χ1n) is 9.23. The molecule has 8 heteroatoms. The van der Waals surface area contributed by atoms with Crippen LogP contribution in [0.5, 0.6) is 0 Å². The van der Waals surface area contributed by atoms with Crippen LogP contribution in [0, 0.1) is 11.6 Å². The fourth-order valence-electron chi connectivity index (χ4n) is 3.46. The molecule has 1 unspecified atom stereocenters. The third kappa shape index (κ3) is 3.78. The van der Waals surface area contributed by atoms with E-state index in [1.54, 1.807) is 24.0 Å². The Balaban J connectivity index is 1.42. The van der Waals surface area contributed by atoms with Crippen molar-refractivity contribution < 1.29 is 22.8 Å². The van der Waals surface area contributed by atoms with E-state index >= 15 is 0 Å². The summed E-state index contributed by atoms with van der Waals surface area (Å²) < 4.78 is 32.4. The van der Waals surface area contributed by atoms with Crippen LogP contribution in [0.4, 0.5) is 19.3 Å². The number of carbonyl (C=O) groups is 2. The van der Waals surface area contributed by atoms with Crippen LogP contribution in [0.15, 0.2) is 52.9 Å². The Morgan fingerprint density at radius 1 is 1.10 bits per heavy atom. The number of carbonyl (C=O) groups excluding carboxylic acids is 2. The molecule has 29 heavy (non-hydrogen) atoms. The molecule has 1 saturated heterocycles. The van der Waals surface area contributed by atoms with Gasteiger partial charge in [0.2, 0.25) is 0 Å². The standard InChI is InChI=1S/C21H19F2N3O3/c1-13-12-25(20(27)19-10-14-4-2-3-5-18(14)29-19)8-9-26(13)21(28)24-17-7-6-15(22)11-16(17)23/h2-7,10-11,13H,8-9,12H2,1H3,(H,24,28). The zero-order valence-corrected chi connectivity index (χ0v) is 15.7. The second-order valence-corrected chi connectivity index (χ2v) is 7.00. The molecule has 1 aromatic heterocycles. The molecule has 0 radical (unpaired) electrons. The molecule has 0 aliphatic carbocycles. The maximum atomic E-state index is 13.8. The summed E-state index contributed by atoms with van der Waals surface area (Å²) in [4.78, 5) is 28.4. The van der Waals surface area contributed by atoms with Gasteiger partial charge in [-0.2, -0.15) is 0 Å². The van der Waals surface area contributed by atoms with Crippen LogP contribution in [0.2, 0.25) is 0 Å². The van der Waals surface area contributed by atoms with Crippen molar-refractivity contribution in [1.82, 2.24) is 9.80 Å². The summed E-state index contributed by atoms with van der Waals surface area (Å²) in [5.41, 5.74) is 0.549. The van der Waals surface area contributed by atoms with E-state index < -0.39 is 17.7 Å². The molecule has 0 saturated carbocycles. The van der Waals surface area contributed by atoms with Gasteiger partial charge < -0.3 is 19.5 Å². The van der Waals surface area contributed by atoms with Crippen molar-refractivity contribution in [3.05, 3.63) is 65.9 Å². The zero-order valence-electron chi connectivity index (χ0n) is 15.7. The number of nitrogens with one attached hydrogen (secondary N) is 1. The van der Waals surface area contributed by atoms with Crippen LogP contribution in [-0.4, -0.2) is 47.4 Å². The van der Waals surface area contributed by atoms with E-state index in [0.29, 0.717) is 24.7 Å². The highest BCUT2D eigenvalue weighted by Crippen LogP contribution is 2.22. The summed E-state index contributed by atoms with van der Waals surface area (Å²) in [6, 6.07) is 11.3. The maximum Gasteiger partial charge on any atom is 0.322 e. The SMILES string of the molecule is CC1CN(C(=O)c2cc3ccccc3o2)CCN1C(=O)Nc1ccc(F)cc1F. The molecule has 4 rings (SSSR count). The van der Waals surface area contributed by atoms with Gasteiger partial charge in [-0.3, -0.25) is 4.79 Å². The van der Waals surface area contributed by atoms with Crippen LogP contribution in [-0.2, 0) is 0 Å². The molecule has 0 bridgehead atoms. The van der Waals surface area contributed by atoms with Gasteiger partial charge in [0.25, 0.3) is 5.91 Å². The minimum absolute atomic E-state index is 0.0932. The number of anilines is 1. The largest absolute Gasteiger partial charge is 0.451 e. The van der Waals surface area contributed by atoms with Crippen molar-refractivity contribution in [1.29, 1.82) is 0 Å². The number of furan rings is 1. The first-order chi connectivity index (χ1) is 13.9. The van der Waals surface area contributed by atoms with E-state index in [2.05, 4.69) is 5.32 Å². The molecule has 1 aliphatic heterocycles. The number of benzene rings is 2. The summed E-state index contributed by atoms with van der Waals surface area (Å²) in [6.45, 7) is 2.72. The Labute approximate surface area is 165 Å². The number of nitrogens with zero attached hydrogens (tertiary/aromatic N) is 2. The van der Waals surface area contributed by atoms with Gasteiger partial charge in [-0.05, 0) is 31.2 Å². The van der Waals surface area contributed by atoms with Gasteiger partial charge in [0.05, 0.1) is 5.69 Å². The van der Waals surface area contributed by atoms with Crippen LogP contribution in [0.3, 0.4) is 0 Å². The zero-order chi connectivity index (χ0) is 20.5. The molecule has 2 aromatic carbocycles. The van der Waals surface area contributed by atoms with E-state index in [1.807, 2.05) is 18.2 Å². The highest BCUT2D eigenvalue weighted by molar-refractivity contribution is 5.96. The third-order valence-electron chi connectivity index (χ3n) is 4.98. The minimum Gasteiger partial charge on any atom is -0.451 e. The number of fused-ring (bicyclic) bond motifs is 1. The lowest BCUT2D eigenvalue weighted by Crippen LogP contribution is -2.56. The molecule has 3 amide bonds. The summed E-state index contributed by atoms with van der Waals surface area (Å²) >= 11 is 0. The normalized spacial score (nSPS) is 16.9. The first-order valence-corrected chi connectivity index (χ1v) is 9.23. The number of hydrogen-bond donors (Lipinski definition) is 1. The Bertz CT molecular complexity index is 1050. The van der Waals surface area contributed by atoms with E-state index in [-0.39, 0.29) is 29.9 Å². The molecule has 2 heterocycles. The maximum absolute atomic E-state index is 13.8. The molecule has 1 atom stereocenters. The Hall–Kier alpha value is -3.42. The monoisotopic (exact) mass is 399 g/mol. The molecule has 150 valence electrons. The lowest BCUT2D eigenvalue weighted by Gasteiger charge is -2.39. The summed E-state index contributed by atoms with van der Waals surface area (Å²) in [7, 11) is 0. The van der Waals surface area contributed by atoms with Gasteiger partial charge in [-0.15, -0.1) is 0 Å². The second-order valence-electron chi connectivity index (χ2n) is 7.00. The van der Waals surface area contributed by atoms with Crippen LogP contribution in [0.1, 0.15) is 17.5 Å². The van der Waals surface area contributed by atoms with Gasteiger partial charge in [0.1, 0.15) is 17.2 Å². The highest BCUT2D eigenvalue weighted by atomic mass is 19.1. The minimum atomic E-state index is -0.843. The van der Waals surface area contributed by atoms with Crippen molar-refractivity contribution >= 4 is 28.6 Å². The van der Waals surface area contributed by atoms with Crippen molar-refractivity contribution in [2.24, 2.45) is 0 Å². The molecule has 6 nitrogen and oxygen atoms in total. The quantitative estimate of drug-likeness (QED) is 0.706. The summed E-state index contributed by atoms with van der Waals surface area (Å²) in [5.74, 6) is -1.54. The van der Waals surface area contributed by atoms with Gasteiger partial charge in [0.15, 0.2) is 5.76 Å². The van der Waals surface area contributed by atoms with E-state index in [9.17, 15) is 18.4 Å². The van der Waals surface area contributed by atoms with Crippen LogP contribution < -0.4 is 5.32 Å². The van der Waals surface area contributed by atoms with E-state index in [4.69, 9.17) is 4.42 Å². The number of rotatable bonds is 2. The smallest absolute Gasteiger partial charge is 0.322 e. The van der Waals surface area contributed by atoms with Crippen molar-refractivity contribution in [3.8, 4) is 0 Å². The van der Waals surface area contributed by atoms with Crippen molar-refractivity contribution in [3.63, 3.8) is 0 Å². The Morgan fingerprint density at radius 3 is 2.62 bits per heavy atom. The van der Waals surface area contributed by atoms with Gasteiger partial charge in [-0.25, -0.2) is 13.6 Å². The molecule has 1 aliphatic rings. The number of piperazine rings is 1.